The van der Waals surface area contributed by atoms with Crippen molar-refractivity contribution < 1.29 is 14.6 Å². The number of nitrogens with zero attached hydrogens (tertiary/aromatic N) is 1. The molecule has 6 heteroatoms. The Balaban J connectivity index is 1.43. The molecule has 0 amide bonds. The highest BCUT2D eigenvalue weighted by atomic mass is 35.5. The van der Waals surface area contributed by atoms with E-state index in [1.54, 1.807) is 6.07 Å². The quantitative estimate of drug-likeness (QED) is 0.621. The number of halogens is 1. The van der Waals surface area contributed by atoms with Gasteiger partial charge >= 0.3 is 5.97 Å². The molecule has 0 radical (unpaired) electrons. The summed E-state index contributed by atoms with van der Waals surface area (Å²) in [7, 11) is 0. The number of aliphatic hydroxyl groups excluding tert-OH is 1. The molecule has 2 N–H and O–H groups in total. The van der Waals surface area contributed by atoms with E-state index in [9.17, 15) is 9.90 Å². The largest absolute Gasteiger partial charge is 0.457 e. The second kappa shape index (κ2) is 6.54. The van der Waals surface area contributed by atoms with Crippen LogP contribution < -0.4 is 4.84 Å². The van der Waals surface area contributed by atoms with Gasteiger partial charge in [-0.05, 0) is 74.0 Å². The van der Waals surface area contributed by atoms with E-state index in [0.717, 1.165) is 49.0 Å². The lowest BCUT2D eigenvalue weighted by Crippen LogP contribution is -2.53. The van der Waals surface area contributed by atoms with Crippen molar-refractivity contribution in [2.45, 2.75) is 50.9 Å². The number of hydrogen-bond acceptors (Lipinski definition) is 5. The standard InChI is InChI=1S/C19H25ClN2O3/c1-12-14(3-4-15-16(12)11-25-18(15)24)17(23)10-22-8-5-13(9-22)19(21-20)6-2-7-19/h3-4,13,17,21,23H,2,5-11H2,1H3. The van der Waals surface area contributed by atoms with Gasteiger partial charge in [0.15, 0.2) is 0 Å². The summed E-state index contributed by atoms with van der Waals surface area (Å²) in [5, 5.41) is 10.8. The molecule has 2 heterocycles. The smallest absolute Gasteiger partial charge is 0.338 e. The van der Waals surface area contributed by atoms with Crippen LogP contribution in [0.3, 0.4) is 0 Å². The van der Waals surface area contributed by atoms with Crippen molar-refractivity contribution in [3.05, 3.63) is 34.4 Å². The Labute approximate surface area is 153 Å². The number of rotatable bonds is 5. The van der Waals surface area contributed by atoms with Crippen LogP contribution in [-0.2, 0) is 11.3 Å². The first-order valence-corrected chi connectivity index (χ1v) is 9.49. The summed E-state index contributed by atoms with van der Waals surface area (Å²) < 4.78 is 5.10. The van der Waals surface area contributed by atoms with Gasteiger partial charge in [0, 0.05) is 24.2 Å². The molecule has 3 aliphatic rings. The summed E-state index contributed by atoms with van der Waals surface area (Å²) in [5.41, 5.74) is 3.52. The van der Waals surface area contributed by atoms with Crippen LogP contribution in [0.4, 0.5) is 0 Å². The Hall–Kier alpha value is -1.14. The van der Waals surface area contributed by atoms with Crippen molar-refractivity contribution in [2.24, 2.45) is 5.92 Å². The molecule has 2 aliphatic heterocycles. The predicted molar refractivity (Wildman–Crippen MR) is 95.4 cm³/mol. The van der Waals surface area contributed by atoms with Crippen LogP contribution >= 0.6 is 11.8 Å². The summed E-state index contributed by atoms with van der Waals surface area (Å²) in [6.07, 6.45) is 4.11. The minimum Gasteiger partial charge on any atom is -0.457 e. The number of β-amino-alcohol motifs (C(OH)–C–C–N with tert-alkyl or cyclic N) is 1. The zero-order valence-electron chi connectivity index (χ0n) is 14.6. The molecule has 2 unspecified atom stereocenters. The zero-order valence-corrected chi connectivity index (χ0v) is 15.3. The molecule has 1 aromatic rings. The zero-order chi connectivity index (χ0) is 17.6. The normalized spacial score (nSPS) is 26.2. The van der Waals surface area contributed by atoms with Crippen molar-refractivity contribution in [3.63, 3.8) is 0 Å². The Morgan fingerprint density at radius 1 is 1.48 bits per heavy atom. The Morgan fingerprint density at radius 2 is 2.28 bits per heavy atom. The number of cyclic esters (lactones) is 1. The number of aliphatic hydroxyl groups is 1. The minimum atomic E-state index is -0.555. The Kier molecular flexibility index (Phi) is 4.52. The molecule has 25 heavy (non-hydrogen) atoms. The average Bonchev–Trinajstić information content (AvgIpc) is 3.15. The van der Waals surface area contributed by atoms with E-state index in [0.29, 0.717) is 24.6 Å². The number of carbonyl (C=O) groups excluding carboxylic acids is 1. The second-order valence-corrected chi connectivity index (χ2v) is 7.94. The molecule has 4 rings (SSSR count). The first-order chi connectivity index (χ1) is 12.0. The van der Waals surface area contributed by atoms with Gasteiger partial charge in [-0.25, -0.2) is 9.63 Å². The molecule has 0 aromatic heterocycles. The number of hydrogen-bond donors (Lipinski definition) is 2. The van der Waals surface area contributed by atoms with Crippen molar-refractivity contribution >= 4 is 17.7 Å². The summed E-state index contributed by atoms with van der Waals surface area (Å²) in [6.45, 7) is 4.86. The van der Waals surface area contributed by atoms with E-state index in [2.05, 4.69) is 9.74 Å². The van der Waals surface area contributed by atoms with Crippen LogP contribution in [0.1, 0.15) is 58.8 Å². The lowest BCUT2D eigenvalue weighted by Gasteiger charge is -2.45. The third-order valence-corrected chi connectivity index (χ3v) is 6.86. The molecule has 136 valence electrons. The third-order valence-electron chi connectivity index (χ3n) is 6.49. The van der Waals surface area contributed by atoms with E-state index in [1.165, 1.54) is 6.42 Å². The van der Waals surface area contributed by atoms with Crippen LogP contribution in [0, 0.1) is 12.8 Å². The molecule has 0 spiro atoms. The number of benzene rings is 1. The van der Waals surface area contributed by atoms with Gasteiger partial charge < -0.3 is 14.7 Å². The van der Waals surface area contributed by atoms with Crippen LogP contribution in [-0.4, -0.2) is 41.1 Å². The molecule has 2 atom stereocenters. The van der Waals surface area contributed by atoms with Crippen molar-refractivity contribution in [3.8, 4) is 0 Å². The molecular weight excluding hydrogens is 340 g/mol. The van der Waals surface area contributed by atoms with E-state index >= 15 is 0 Å². The lowest BCUT2D eigenvalue weighted by atomic mass is 9.68. The van der Waals surface area contributed by atoms with Gasteiger partial charge in [0.05, 0.1) is 11.7 Å². The van der Waals surface area contributed by atoms with E-state index < -0.39 is 6.10 Å². The number of fused-ring (bicyclic) bond motifs is 1. The fraction of sp³-hybridized carbons (Fsp3) is 0.632. The van der Waals surface area contributed by atoms with E-state index in [1.807, 2.05) is 13.0 Å². The Bertz CT molecular complexity index is 684. The number of nitrogens with one attached hydrogen (secondary N) is 1. The molecule has 1 saturated carbocycles. The lowest BCUT2D eigenvalue weighted by molar-refractivity contribution is 0.0535. The van der Waals surface area contributed by atoms with E-state index in [4.69, 9.17) is 16.5 Å². The molecule has 5 nitrogen and oxygen atoms in total. The molecule has 1 aliphatic carbocycles. The monoisotopic (exact) mass is 364 g/mol. The van der Waals surface area contributed by atoms with Crippen LogP contribution in [0.15, 0.2) is 12.1 Å². The van der Waals surface area contributed by atoms with Gasteiger partial charge in [0.25, 0.3) is 0 Å². The van der Waals surface area contributed by atoms with Gasteiger partial charge in [0.2, 0.25) is 0 Å². The van der Waals surface area contributed by atoms with E-state index in [-0.39, 0.29) is 11.5 Å². The Morgan fingerprint density at radius 3 is 2.96 bits per heavy atom. The molecular formula is C19H25ClN2O3. The van der Waals surface area contributed by atoms with Crippen LogP contribution in [0.25, 0.3) is 0 Å². The van der Waals surface area contributed by atoms with Crippen LogP contribution in [0.5, 0.6) is 0 Å². The number of ether oxygens (including phenoxy) is 1. The van der Waals surface area contributed by atoms with Crippen molar-refractivity contribution in [1.29, 1.82) is 0 Å². The summed E-state index contributed by atoms with van der Waals surface area (Å²) in [5.74, 6) is 0.291. The van der Waals surface area contributed by atoms with Gasteiger partial charge in [-0.3, -0.25) is 0 Å². The highest BCUT2D eigenvalue weighted by molar-refractivity contribution is 6.14. The summed E-state index contributed by atoms with van der Waals surface area (Å²) >= 11 is 6.02. The topological polar surface area (TPSA) is 61.8 Å². The average molecular weight is 365 g/mol. The maximum atomic E-state index is 11.7. The molecule has 1 aromatic carbocycles. The maximum absolute atomic E-state index is 11.7. The SMILES string of the molecule is Cc1c(C(O)CN2CCC(C3(NCl)CCC3)C2)ccc2c1COC2=O. The highest BCUT2D eigenvalue weighted by Gasteiger charge is 2.46. The fourth-order valence-electron chi connectivity index (χ4n) is 4.66. The fourth-order valence-corrected chi connectivity index (χ4v) is 5.00. The second-order valence-electron chi connectivity index (χ2n) is 7.75. The number of esters is 1. The highest BCUT2D eigenvalue weighted by Crippen LogP contribution is 2.43. The number of carbonyl (C=O) groups is 1. The van der Waals surface area contributed by atoms with Crippen molar-refractivity contribution in [1.82, 2.24) is 9.74 Å². The van der Waals surface area contributed by atoms with Crippen molar-refractivity contribution in [2.75, 3.05) is 19.6 Å². The first-order valence-electron chi connectivity index (χ1n) is 9.12. The maximum Gasteiger partial charge on any atom is 0.338 e. The van der Waals surface area contributed by atoms with Gasteiger partial charge in [0.1, 0.15) is 6.61 Å². The summed E-state index contributed by atoms with van der Waals surface area (Å²) in [4.78, 5) is 17.0. The third kappa shape index (κ3) is 2.87. The number of likely N-dealkylation sites (tertiary alicyclic amines) is 1. The first kappa shape index (κ1) is 17.3. The molecule has 0 bridgehead atoms. The molecule has 2 fully saturated rings. The van der Waals surface area contributed by atoms with Crippen LogP contribution in [0.2, 0.25) is 0 Å². The minimum absolute atomic E-state index is 0.0996. The predicted octanol–water partition coefficient (Wildman–Crippen LogP) is 2.69. The summed E-state index contributed by atoms with van der Waals surface area (Å²) in [6, 6.07) is 3.65. The molecule has 1 saturated heterocycles. The van der Waals surface area contributed by atoms with Gasteiger partial charge in [-0.15, -0.1) is 0 Å². The van der Waals surface area contributed by atoms with Gasteiger partial charge in [-0.2, -0.15) is 0 Å². The van der Waals surface area contributed by atoms with Gasteiger partial charge in [-0.1, -0.05) is 6.07 Å².